The van der Waals surface area contributed by atoms with E-state index < -0.39 is 30.2 Å². The molecule has 0 heterocycles. The quantitative estimate of drug-likeness (QED) is 0.636. The smallest absolute Gasteiger partial charge is 0.326 e. The van der Waals surface area contributed by atoms with Gasteiger partial charge in [-0.3, -0.25) is 9.59 Å². The Labute approximate surface area is 120 Å². The Morgan fingerprint density at radius 3 is 2.55 bits per heavy atom. The van der Waals surface area contributed by atoms with Crippen LogP contribution >= 0.6 is 11.8 Å². The van der Waals surface area contributed by atoms with Gasteiger partial charge in [0.15, 0.2) is 0 Å². The highest BCUT2D eigenvalue weighted by molar-refractivity contribution is 8.00. The standard InChI is InChI=1S/C13H16N2O4S/c1-8-4-2-3-5-10(8)20-7-12(17)15-9(13(18)19)6-11(14)16/h2-5,9H,6-7H2,1H3,(H2,14,16)(H,15,17)(H,18,19)/t9-/m1/s1. The number of nitrogens with one attached hydrogen (secondary N) is 1. The first-order chi connectivity index (χ1) is 9.40. The van der Waals surface area contributed by atoms with Crippen LogP contribution < -0.4 is 11.1 Å². The maximum Gasteiger partial charge on any atom is 0.326 e. The zero-order valence-corrected chi connectivity index (χ0v) is 11.8. The van der Waals surface area contributed by atoms with E-state index in [1.165, 1.54) is 11.8 Å². The first kappa shape index (κ1) is 16.0. The monoisotopic (exact) mass is 296 g/mol. The molecule has 0 saturated heterocycles. The molecule has 0 aliphatic rings. The third kappa shape index (κ3) is 5.31. The summed E-state index contributed by atoms with van der Waals surface area (Å²) in [6.45, 7) is 1.92. The number of rotatable bonds is 7. The van der Waals surface area contributed by atoms with Gasteiger partial charge in [0, 0.05) is 4.90 Å². The highest BCUT2D eigenvalue weighted by Gasteiger charge is 2.22. The van der Waals surface area contributed by atoms with E-state index in [4.69, 9.17) is 10.8 Å². The van der Waals surface area contributed by atoms with Gasteiger partial charge in [0.25, 0.3) is 0 Å². The Morgan fingerprint density at radius 1 is 1.35 bits per heavy atom. The van der Waals surface area contributed by atoms with Gasteiger partial charge in [-0.2, -0.15) is 0 Å². The van der Waals surface area contributed by atoms with Gasteiger partial charge in [-0.1, -0.05) is 18.2 Å². The number of carboxylic acids is 1. The van der Waals surface area contributed by atoms with E-state index in [0.29, 0.717) is 0 Å². The molecule has 0 aromatic heterocycles. The van der Waals surface area contributed by atoms with Gasteiger partial charge in [0.1, 0.15) is 6.04 Å². The second-order valence-corrected chi connectivity index (χ2v) is 5.20. The number of amides is 2. The lowest BCUT2D eigenvalue weighted by Gasteiger charge is -2.12. The molecule has 1 atom stereocenters. The predicted octanol–water partition coefficient (Wildman–Crippen LogP) is 0.532. The Hall–Kier alpha value is -2.02. The maximum atomic E-state index is 11.7. The highest BCUT2D eigenvalue weighted by Crippen LogP contribution is 2.21. The summed E-state index contributed by atoms with van der Waals surface area (Å²) in [6, 6.07) is 6.28. The fraction of sp³-hybridized carbons (Fsp3) is 0.308. The molecule has 6 nitrogen and oxygen atoms in total. The minimum absolute atomic E-state index is 0.0768. The third-order valence-corrected chi connectivity index (χ3v) is 3.67. The summed E-state index contributed by atoms with van der Waals surface area (Å²) >= 11 is 1.31. The highest BCUT2D eigenvalue weighted by atomic mass is 32.2. The molecule has 108 valence electrons. The molecule has 0 unspecified atom stereocenters. The summed E-state index contributed by atoms with van der Waals surface area (Å²) in [7, 11) is 0. The molecule has 0 aliphatic heterocycles. The fourth-order valence-electron chi connectivity index (χ4n) is 1.50. The van der Waals surface area contributed by atoms with E-state index in [-0.39, 0.29) is 5.75 Å². The van der Waals surface area contributed by atoms with E-state index >= 15 is 0 Å². The fourth-order valence-corrected chi connectivity index (χ4v) is 2.34. The van der Waals surface area contributed by atoms with Crippen molar-refractivity contribution in [3.8, 4) is 0 Å². The van der Waals surface area contributed by atoms with Crippen molar-refractivity contribution in [3.05, 3.63) is 29.8 Å². The number of aryl methyl sites for hydroxylation is 1. The van der Waals surface area contributed by atoms with E-state index in [1.54, 1.807) is 0 Å². The molecule has 0 spiro atoms. The van der Waals surface area contributed by atoms with E-state index in [1.807, 2.05) is 31.2 Å². The lowest BCUT2D eigenvalue weighted by atomic mass is 10.2. The van der Waals surface area contributed by atoms with Crippen LogP contribution in [-0.4, -0.2) is 34.7 Å². The minimum atomic E-state index is -1.28. The van der Waals surface area contributed by atoms with Crippen LogP contribution in [0.3, 0.4) is 0 Å². The first-order valence-corrected chi connectivity index (χ1v) is 6.87. The Balaban J connectivity index is 2.52. The van der Waals surface area contributed by atoms with Gasteiger partial charge in [0.2, 0.25) is 11.8 Å². The SMILES string of the molecule is Cc1ccccc1SCC(=O)N[C@H](CC(N)=O)C(=O)O. The molecule has 0 bridgehead atoms. The number of benzene rings is 1. The van der Waals surface area contributed by atoms with Crippen molar-refractivity contribution in [2.24, 2.45) is 5.73 Å². The average molecular weight is 296 g/mol. The molecule has 1 rings (SSSR count). The van der Waals surface area contributed by atoms with Crippen LogP contribution in [0.4, 0.5) is 0 Å². The summed E-state index contributed by atoms with van der Waals surface area (Å²) in [5, 5.41) is 11.1. The Morgan fingerprint density at radius 2 is 2.00 bits per heavy atom. The van der Waals surface area contributed by atoms with Crippen LogP contribution in [0.15, 0.2) is 29.2 Å². The summed E-state index contributed by atoms with van der Waals surface area (Å²) in [4.78, 5) is 34.2. The second-order valence-electron chi connectivity index (χ2n) is 4.18. The summed E-state index contributed by atoms with van der Waals surface area (Å²) in [6.07, 6.45) is -0.421. The summed E-state index contributed by atoms with van der Waals surface area (Å²) in [5.41, 5.74) is 5.97. The van der Waals surface area contributed by atoms with Crippen LogP contribution in [0.25, 0.3) is 0 Å². The molecule has 0 aliphatic carbocycles. The summed E-state index contributed by atoms with van der Waals surface area (Å²) < 4.78 is 0. The number of carbonyl (C=O) groups excluding carboxylic acids is 2. The summed E-state index contributed by atoms with van der Waals surface area (Å²) in [5.74, 6) is -2.43. The van der Waals surface area contributed by atoms with Crippen molar-refractivity contribution in [2.45, 2.75) is 24.3 Å². The third-order valence-electron chi connectivity index (χ3n) is 2.49. The number of aliphatic carboxylic acids is 1. The lowest BCUT2D eigenvalue weighted by molar-refractivity contribution is -0.143. The van der Waals surface area contributed by atoms with Crippen LogP contribution in [0.1, 0.15) is 12.0 Å². The number of primary amides is 1. The van der Waals surface area contributed by atoms with Crippen LogP contribution in [0.5, 0.6) is 0 Å². The molecule has 20 heavy (non-hydrogen) atoms. The molecular weight excluding hydrogens is 280 g/mol. The van der Waals surface area contributed by atoms with E-state index in [0.717, 1.165) is 10.5 Å². The van der Waals surface area contributed by atoms with Crippen LogP contribution in [-0.2, 0) is 14.4 Å². The number of nitrogens with two attached hydrogens (primary N) is 1. The Bertz CT molecular complexity index is 519. The first-order valence-electron chi connectivity index (χ1n) is 5.89. The number of thioether (sulfide) groups is 1. The van der Waals surface area contributed by atoms with Gasteiger partial charge in [-0.15, -0.1) is 11.8 Å². The van der Waals surface area contributed by atoms with Crippen LogP contribution in [0, 0.1) is 6.92 Å². The number of carbonyl (C=O) groups is 3. The maximum absolute atomic E-state index is 11.7. The van der Waals surface area contributed by atoms with Crippen molar-refractivity contribution >= 4 is 29.5 Å². The molecule has 2 amide bonds. The van der Waals surface area contributed by atoms with Crippen molar-refractivity contribution < 1.29 is 19.5 Å². The predicted molar refractivity (Wildman–Crippen MR) is 75.3 cm³/mol. The van der Waals surface area contributed by atoms with E-state index in [2.05, 4.69) is 5.32 Å². The molecule has 0 fully saturated rings. The lowest BCUT2D eigenvalue weighted by Crippen LogP contribution is -2.44. The molecular formula is C13H16N2O4S. The molecule has 1 aromatic rings. The second kappa shape index (κ2) is 7.54. The Kier molecular flexibility index (Phi) is 6.05. The normalized spacial score (nSPS) is 11.7. The molecule has 7 heteroatoms. The number of hydrogen-bond acceptors (Lipinski definition) is 4. The molecule has 0 saturated carbocycles. The van der Waals surface area contributed by atoms with Gasteiger partial charge in [-0.05, 0) is 18.6 Å². The molecule has 0 radical (unpaired) electrons. The average Bonchev–Trinajstić information content (AvgIpc) is 2.36. The zero-order valence-electron chi connectivity index (χ0n) is 11.0. The van der Waals surface area contributed by atoms with Crippen molar-refractivity contribution in [3.63, 3.8) is 0 Å². The largest absolute Gasteiger partial charge is 0.480 e. The molecule has 1 aromatic carbocycles. The number of carboxylic acid groups (broad SMARTS) is 1. The topological polar surface area (TPSA) is 109 Å². The van der Waals surface area contributed by atoms with Crippen molar-refractivity contribution in [2.75, 3.05) is 5.75 Å². The van der Waals surface area contributed by atoms with Gasteiger partial charge in [0.05, 0.1) is 12.2 Å². The van der Waals surface area contributed by atoms with Crippen LogP contribution in [0.2, 0.25) is 0 Å². The van der Waals surface area contributed by atoms with Crippen molar-refractivity contribution in [1.82, 2.24) is 5.32 Å². The van der Waals surface area contributed by atoms with Gasteiger partial charge >= 0.3 is 5.97 Å². The minimum Gasteiger partial charge on any atom is -0.480 e. The zero-order chi connectivity index (χ0) is 15.1. The van der Waals surface area contributed by atoms with E-state index in [9.17, 15) is 14.4 Å². The van der Waals surface area contributed by atoms with Crippen molar-refractivity contribution in [1.29, 1.82) is 0 Å². The number of hydrogen-bond donors (Lipinski definition) is 3. The molecule has 4 N–H and O–H groups in total. The van der Waals surface area contributed by atoms with Gasteiger partial charge < -0.3 is 16.2 Å². The van der Waals surface area contributed by atoms with Gasteiger partial charge in [-0.25, -0.2) is 4.79 Å².